The fraction of sp³-hybridized carbons (Fsp3) is 0.100. The van der Waals surface area contributed by atoms with Crippen molar-refractivity contribution >= 4 is 21.5 Å². The van der Waals surface area contributed by atoms with Crippen molar-refractivity contribution in [3.8, 4) is 0 Å². The van der Waals surface area contributed by atoms with Crippen LogP contribution in [0.15, 0.2) is 89.1 Å². The van der Waals surface area contributed by atoms with Crippen LogP contribution in [-0.4, -0.2) is 13.0 Å². The van der Waals surface area contributed by atoms with Gasteiger partial charge < -0.3 is 0 Å². The standard InChI is InChI=1S/C20H18N2O3S/c23-26(24,25)15-18-7-4-8-20(14-18)22-21-19-11-9-17(10-12-19)13-16-5-2-1-3-6-16/h1-12,14H,13,15H2,(H,23,24,25). The van der Waals surface area contributed by atoms with Crippen molar-refractivity contribution in [3.05, 3.63) is 95.6 Å². The topological polar surface area (TPSA) is 79.1 Å². The Morgan fingerprint density at radius 3 is 2.00 bits per heavy atom. The molecule has 0 fully saturated rings. The lowest BCUT2D eigenvalue weighted by Crippen LogP contribution is -2.00. The lowest BCUT2D eigenvalue weighted by atomic mass is 10.1. The maximum absolute atomic E-state index is 11.0. The van der Waals surface area contributed by atoms with Gasteiger partial charge in [0.1, 0.15) is 5.75 Å². The minimum absolute atomic E-state index is 0.440. The number of benzene rings is 3. The van der Waals surface area contributed by atoms with Crippen LogP contribution in [0.2, 0.25) is 0 Å². The first kappa shape index (κ1) is 18.0. The average Bonchev–Trinajstić information content (AvgIpc) is 2.61. The number of hydrogen-bond acceptors (Lipinski definition) is 4. The van der Waals surface area contributed by atoms with Crippen LogP contribution in [0.4, 0.5) is 11.4 Å². The van der Waals surface area contributed by atoms with Crippen molar-refractivity contribution in [1.82, 2.24) is 0 Å². The van der Waals surface area contributed by atoms with Crippen molar-refractivity contribution in [2.75, 3.05) is 0 Å². The summed E-state index contributed by atoms with van der Waals surface area (Å²) < 4.78 is 30.8. The van der Waals surface area contributed by atoms with Gasteiger partial charge in [-0.2, -0.15) is 18.6 Å². The third kappa shape index (κ3) is 5.61. The van der Waals surface area contributed by atoms with Crippen molar-refractivity contribution < 1.29 is 13.0 Å². The summed E-state index contributed by atoms with van der Waals surface area (Å²) in [4.78, 5) is 0. The van der Waals surface area contributed by atoms with Crippen LogP contribution in [0.1, 0.15) is 16.7 Å². The molecule has 3 aromatic carbocycles. The predicted molar refractivity (Wildman–Crippen MR) is 102 cm³/mol. The Balaban J connectivity index is 1.68. The van der Waals surface area contributed by atoms with Crippen LogP contribution >= 0.6 is 0 Å². The number of azo groups is 1. The van der Waals surface area contributed by atoms with E-state index in [0.29, 0.717) is 16.9 Å². The Labute approximate surface area is 152 Å². The largest absolute Gasteiger partial charge is 0.285 e. The molecule has 0 atom stereocenters. The van der Waals surface area contributed by atoms with Crippen LogP contribution in [0, 0.1) is 0 Å². The van der Waals surface area contributed by atoms with Crippen LogP contribution in [0.3, 0.4) is 0 Å². The number of hydrogen-bond donors (Lipinski definition) is 1. The Hall–Kier alpha value is -2.83. The quantitative estimate of drug-likeness (QED) is 0.488. The SMILES string of the molecule is O=S(=O)(O)Cc1cccc(N=Nc2ccc(Cc3ccccc3)cc2)c1. The number of nitrogens with zero attached hydrogens (tertiary/aromatic N) is 2. The lowest BCUT2D eigenvalue weighted by molar-refractivity contribution is 0.482. The molecule has 0 aromatic heterocycles. The van der Waals surface area contributed by atoms with Gasteiger partial charge >= 0.3 is 0 Å². The Morgan fingerprint density at radius 1 is 0.692 bits per heavy atom. The van der Waals surface area contributed by atoms with Gasteiger partial charge in [0.05, 0.1) is 11.4 Å². The molecule has 0 unspecified atom stereocenters. The molecule has 3 aromatic rings. The third-order valence-corrected chi connectivity index (χ3v) is 4.43. The van der Waals surface area contributed by atoms with E-state index in [-0.39, 0.29) is 0 Å². The molecule has 6 heteroatoms. The van der Waals surface area contributed by atoms with Crippen LogP contribution in [-0.2, 0) is 22.3 Å². The first-order chi connectivity index (χ1) is 12.5. The van der Waals surface area contributed by atoms with Gasteiger partial charge in [-0.3, -0.25) is 4.55 Å². The summed E-state index contributed by atoms with van der Waals surface area (Å²) in [6.45, 7) is 0. The average molecular weight is 366 g/mol. The van der Waals surface area contributed by atoms with Crippen molar-refractivity contribution in [2.24, 2.45) is 10.2 Å². The zero-order valence-electron chi connectivity index (χ0n) is 14.0. The van der Waals surface area contributed by atoms with Gasteiger partial charge in [0.2, 0.25) is 0 Å². The van der Waals surface area contributed by atoms with Gasteiger partial charge in [0, 0.05) is 0 Å². The summed E-state index contributed by atoms with van der Waals surface area (Å²) in [5.41, 5.74) is 4.13. The van der Waals surface area contributed by atoms with Gasteiger partial charge in [0.25, 0.3) is 10.1 Å². The fourth-order valence-electron chi connectivity index (χ4n) is 2.55. The second-order valence-corrected chi connectivity index (χ2v) is 7.38. The van der Waals surface area contributed by atoms with Gasteiger partial charge in [-0.15, -0.1) is 0 Å². The minimum Gasteiger partial charge on any atom is -0.285 e. The van der Waals surface area contributed by atoms with Gasteiger partial charge in [-0.1, -0.05) is 54.6 Å². The molecule has 0 aliphatic heterocycles. The zero-order chi connectivity index (χ0) is 18.4. The summed E-state index contributed by atoms with van der Waals surface area (Å²) >= 11 is 0. The summed E-state index contributed by atoms with van der Waals surface area (Å²) in [6, 6.07) is 24.6. The van der Waals surface area contributed by atoms with Crippen LogP contribution in [0.5, 0.6) is 0 Å². The lowest BCUT2D eigenvalue weighted by Gasteiger charge is -2.02. The highest BCUT2D eigenvalue weighted by atomic mass is 32.2. The molecule has 0 saturated carbocycles. The highest BCUT2D eigenvalue weighted by Crippen LogP contribution is 2.21. The van der Waals surface area contributed by atoms with E-state index in [1.807, 2.05) is 42.5 Å². The molecule has 132 valence electrons. The third-order valence-electron chi connectivity index (χ3n) is 3.73. The van der Waals surface area contributed by atoms with Crippen molar-refractivity contribution in [1.29, 1.82) is 0 Å². The highest BCUT2D eigenvalue weighted by molar-refractivity contribution is 7.85. The predicted octanol–water partition coefficient (Wildman–Crippen LogP) is 5.08. The molecule has 0 radical (unpaired) electrons. The molecule has 0 saturated heterocycles. The van der Waals surface area contributed by atoms with E-state index >= 15 is 0 Å². The monoisotopic (exact) mass is 366 g/mol. The zero-order valence-corrected chi connectivity index (χ0v) is 14.8. The smallest absolute Gasteiger partial charge is 0.269 e. The van der Waals surface area contributed by atoms with E-state index < -0.39 is 15.9 Å². The first-order valence-electron chi connectivity index (χ1n) is 8.07. The molecule has 0 amide bonds. The summed E-state index contributed by atoms with van der Waals surface area (Å²) in [6.07, 6.45) is 0.857. The van der Waals surface area contributed by atoms with Crippen LogP contribution in [0.25, 0.3) is 0 Å². The molecule has 0 bridgehead atoms. The first-order valence-corrected chi connectivity index (χ1v) is 9.68. The molecule has 0 aliphatic carbocycles. The molecule has 5 nitrogen and oxygen atoms in total. The minimum atomic E-state index is -4.06. The maximum atomic E-state index is 11.0. The van der Waals surface area contributed by atoms with Crippen LogP contribution < -0.4 is 0 Å². The van der Waals surface area contributed by atoms with E-state index in [1.54, 1.807) is 24.3 Å². The second kappa shape index (κ2) is 8.03. The fourth-order valence-corrected chi connectivity index (χ4v) is 3.15. The summed E-state index contributed by atoms with van der Waals surface area (Å²) in [5.74, 6) is -0.440. The molecule has 26 heavy (non-hydrogen) atoms. The van der Waals surface area contributed by atoms with E-state index in [4.69, 9.17) is 4.55 Å². The summed E-state index contributed by atoms with van der Waals surface area (Å²) in [7, 11) is -4.06. The molecule has 1 N–H and O–H groups in total. The van der Waals surface area contributed by atoms with Gasteiger partial charge in [0.15, 0.2) is 0 Å². The van der Waals surface area contributed by atoms with Gasteiger partial charge in [-0.05, 0) is 47.4 Å². The molecule has 0 heterocycles. The van der Waals surface area contributed by atoms with Gasteiger partial charge in [-0.25, -0.2) is 0 Å². The van der Waals surface area contributed by atoms with E-state index in [0.717, 1.165) is 6.42 Å². The normalized spacial score (nSPS) is 11.7. The van der Waals surface area contributed by atoms with E-state index in [2.05, 4.69) is 22.4 Å². The molecular weight excluding hydrogens is 348 g/mol. The van der Waals surface area contributed by atoms with Crippen molar-refractivity contribution in [3.63, 3.8) is 0 Å². The van der Waals surface area contributed by atoms with Crippen molar-refractivity contribution in [2.45, 2.75) is 12.2 Å². The molecule has 3 rings (SSSR count). The second-order valence-electron chi connectivity index (χ2n) is 5.92. The molecule has 0 aliphatic rings. The maximum Gasteiger partial charge on any atom is 0.269 e. The van der Waals surface area contributed by atoms with E-state index in [1.165, 1.54) is 11.1 Å². The molecule has 0 spiro atoms. The molecular formula is C20H18N2O3S. The Bertz CT molecular complexity index is 999. The van der Waals surface area contributed by atoms with E-state index in [9.17, 15) is 8.42 Å². The highest BCUT2D eigenvalue weighted by Gasteiger charge is 2.06. The summed E-state index contributed by atoms with van der Waals surface area (Å²) in [5, 5.41) is 8.30. The Morgan fingerprint density at radius 2 is 1.31 bits per heavy atom. The Kier molecular flexibility index (Phi) is 5.55. The number of rotatable bonds is 6.